The summed E-state index contributed by atoms with van der Waals surface area (Å²) < 4.78 is 34.4. The van der Waals surface area contributed by atoms with Gasteiger partial charge in [-0.3, -0.25) is 9.36 Å². The summed E-state index contributed by atoms with van der Waals surface area (Å²) in [4.78, 5) is 25.6. The number of esters is 1. The van der Waals surface area contributed by atoms with Crippen LogP contribution in [0.2, 0.25) is 0 Å². The number of hydrogen-bond acceptors (Lipinski definition) is 13. The highest BCUT2D eigenvalue weighted by molar-refractivity contribution is 5.83. The largest absolute Gasteiger partial charge is 0.497 e. The summed E-state index contributed by atoms with van der Waals surface area (Å²) in [5.74, 6) is 2.24. The zero-order chi connectivity index (χ0) is 32.1. The molecular weight excluding hydrogens is 586 g/mol. The Bertz CT molecular complexity index is 1590. The van der Waals surface area contributed by atoms with Gasteiger partial charge in [-0.2, -0.15) is 0 Å². The van der Waals surface area contributed by atoms with Gasteiger partial charge in [0.1, 0.15) is 37.0 Å². The summed E-state index contributed by atoms with van der Waals surface area (Å²) in [6.07, 6.45) is -1.15. The molecular formula is C31H37N5O9. The molecule has 0 saturated carbocycles. The average molecular weight is 624 g/mol. The van der Waals surface area contributed by atoms with Crippen LogP contribution in [0.25, 0.3) is 11.2 Å². The third kappa shape index (κ3) is 6.72. The summed E-state index contributed by atoms with van der Waals surface area (Å²) in [7, 11) is 6.23. The zero-order valence-corrected chi connectivity index (χ0v) is 25.7. The van der Waals surface area contributed by atoms with Crippen LogP contribution in [0.1, 0.15) is 36.7 Å². The molecule has 14 nitrogen and oxygen atoms in total. The fourth-order valence-electron chi connectivity index (χ4n) is 5.17. The molecule has 0 aliphatic carbocycles. The number of hydrogen-bond donors (Lipinski definition) is 3. The molecule has 2 aromatic carbocycles. The van der Waals surface area contributed by atoms with E-state index in [4.69, 9.17) is 28.4 Å². The molecule has 45 heavy (non-hydrogen) atoms. The van der Waals surface area contributed by atoms with Crippen LogP contribution < -0.4 is 24.3 Å². The third-order valence-electron chi connectivity index (χ3n) is 7.70. The number of anilines is 1. The lowest BCUT2D eigenvalue weighted by Gasteiger charge is -2.19. The molecule has 2 unspecified atom stereocenters. The molecule has 0 radical (unpaired) electrons. The minimum Gasteiger partial charge on any atom is -0.497 e. The van der Waals surface area contributed by atoms with Crippen LogP contribution in [-0.4, -0.2) is 89.1 Å². The Labute approximate surface area is 259 Å². The van der Waals surface area contributed by atoms with Crippen molar-refractivity contribution in [2.75, 3.05) is 40.4 Å². The number of ether oxygens (including phenoxy) is 6. The van der Waals surface area contributed by atoms with E-state index in [1.165, 1.54) is 17.2 Å². The van der Waals surface area contributed by atoms with Crippen molar-refractivity contribution < 1.29 is 43.4 Å². The number of carbonyl (C=O) groups is 1. The summed E-state index contributed by atoms with van der Waals surface area (Å²) in [6, 6.07) is 10.8. The van der Waals surface area contributed by atoms with Crippen molar-refractivity contribution in [3.63, 3.8) is 0 Å². The summed E-state index contributed by atoms with van der Waals surface area (Å²) in [6.45, 7) is 1.71. The minimum atomic E-state index is -1.32. The van der Waals surface area contributed by atoms with E-state index in [0.717, 1.165) is 16.9 Å². The SMILES string of the molecule is COc1ccc(CCC(=O)OC[C@H]2O[C@@H](n3cnc4c(NC(C)c5cc(OC)c(OC)c(OC)c5)ncnc43)C(O)[C@H]2O)cc1. The van der Waals surface area contributed by atoms with Gasteiger partial charge < -0.3 is 44.0 Å². The van der Waals surface area contributed by atoms with E-state index in [9.17, 15) is 15.0 Å². The Kier molecular flexibility index (Phi) is 9.86. The first-order chi connectivity index (χ1) is 21.8. The lowest BCUT2D eigenvalue weighted by molar-refractivity contribution is -0.150. The van der Waals surface area contributed by atoms with E-state index in [1.807, 2.05) is 43.3 Å². The van der Waals surface area contributed by atoms with Gasteiger partial charge in [-0.05, 0) is 48.7 Å². The van der Waals surface area contributed by atoms with Crippen molar-refractivity contribution >= 4 is 23.0 Å². The lowest BCUT2D eigenvalue weighted by atomic mass is 10.1. The standard InChI is InChI=1S/C31H37N5O9/c1-17(19-12-21(41-3)28(43-5)22(13-19)42-4)35-29-25-30(33-15-32-29)36(16-34-25)31-27(39)26(38)23(45-31)14-44-24(37)11-8-18-6-9-20(40-2)10-7-18/h6-7,9-10,12-13,15-17,23,26-27,31,38-39H,8,11,14H2,1-5H3,(H,32,33,35)/t17?,23-,26+,27?,31-/m1/s1. The van der Waals surface area contributed by atoms with Gasteiger partial charge in [-0.15, -0.1) is 0 Å². The minimum absolute atomic E-state index is 0.147. The van der Waals surface area contributed by atoms with Crippen LogP contribution in [0.4, 0.5) is 5.82 Å². The van der Waals surface area contributed by atoms with Crippen molar-refractivity contribution in [3.05, 3.63) is 60.2 Å². The molecule has 3 heterocycles. The Balaban J connectivity index is 1.25. The highest BCUT2D eigenvalue weighted by Gasteiger charge is 2.45. The molecule has 1 aliphatic heterocycles. The van der Waals surface area contributed by atoms with Crippen LogP contribution in [0.3, 0.4) is 0 Å². The van der Waals surface area contributed by atoms with Gasteiger partial charge in [0.2, 0.25) is 5.75 Å². The molecule has 0 spiro atoms. The van der Waals surface area contributed by atoms with Gasteiger partial charge in [0.25, 0.3) is 0 Å². The number of fused-ring (bicyclic) bond motifs is 1. The molecule has 2 aromatic heterocycles. The summed E-state index contributed by atoms with van der Waals surface area (Å²) >= 11 is 0. The number of aryl methyl sites for hydroxylation is 1. The summed E-state index contributed by atoms with van der Waals surface area (Å²) in [5, 5.41) is 24.9. The number of aliphatic hydroxyl groups excluding tert-OH is 2. The lowest BCUT2D eigenvalue weighted by Crippen LogP contribution is -2.34. The van der Waals surface area contributed by atoms with E-state index in [0.29, 0.717) is 40.7 Å². The van der Waals surface area contributed by atoms with Crippen molar-refractivity contribution in [3.8, 4) is 23.0 Å². The first-order valence-electron chi connectivity index (χ1n) is 14.3. The molecule has 5 rings (SSSR count). The van der Waals surface area contributed by atoms with Crippen LogP contribution in [-0.2, 0) is 20.7 Å². The monoisotopic (exact) mass is 623 g/mol. The summed E-state index contributed by atoms with van der Waals surface area (Å²) in [5.41, 5.74) is 2.60. The topological polar surface area (TPSA) is 169 Å². The van der Waals surface area contributed by atoms with E-state index in [2.05, 4.69) is 20.3 Å². The van der Waals surface area contributed by atoms with E-state index >= 15 is 0 Å². The van der Waals surface area contributed by atoms with Crippen LogP contribution in [0.5, 0.6) is 23.0 Å². The molecule has 14 heteroatoms. The molecule has 0 amide bonds. The average Bonchev–Trinajstić information content (AvgIpc) is 3.62. The highest BCUT2D eigenvalue weighted by Crippen LogP contribution is 2.40. The second kappa shape index (κ2) is 14.0. The van der Waals surface area contributed by atoms with Crippen molar-refractivity contribution in [2.45, 2.75) is 50.3 Å². The number of rotatable bonds is 13. The normalized spacial score (nSPS) is 20.1. The van der Waals surface area contributed by atoms with Gasteiger partial charge in [0, 0.05) is 6.42 Å². The number of nitrogens with one attached hydrogen (secondary N) is 1. The molecule has 1 fully saturated rings. The molecule has 5 atom stereocenters. The number of methoxy groups -OCH3 is 4. The Morgan fingerprint density at radius 1 is 0.978 bits per heavy atom. The predicted molar refractivity (Wildman–Crippen MR) is 162 cm³/mol. The number of benzene rings is 2. The second-order valence-corrected chi connectivity index (χ2v) is 10.4. The Morgan fingerprint density at radius 3 is 2.33 bits per heavy atom. The third-order valence-corrected chi connectivity index (χ3v) is 7.70. The number of imidazole rings is 1. The van der Waals surface area contributed by atoms with Crippen molar-refractivity contribution in [1.82, 2.24) is 19.5 Å². The predicted octanol–water partition coefficient (Wildman–Crippen LogP) is 2.83. The van der Waals surface area contributed by atoms with Gasteiger partial charge in [0.05, 0.1) is 40.8 Å². The molecule has 240 valence electrons. The first-order valence-corrected chi connectivity index (χ1v) is 14.3. The van der Waals surface area contributed by atoms with E-state index < -0.39 is 30.5 Å². The fourth-order valence-corrected chi connectivity index (χ4v) is 5.17. The maximum Gasteiger partial charge on any atom is 0.306 e. The van der Waals surface area contributed by atoms with E-state index in [1.54, 1.807) is 28.4 Å². The maximum atomic E-state index is 12.4. The van der Waals surface area contributed by atoms with Gasteiger partial charge in [-0.25, -0.2) is 15.0 Å². The van der Waals surface area contributed by atoms with Crippen molar-refractivity contribution in [1.29, 1.82) is 0 Å². The molecule has 0 bridgehead atoms. The number of aromatic nitrogens is 4. The molecule has 1 aliphatic rings. The smallest absolute Gasteiger partial charge is 0.306 e. The molecule has 3 N–H and O–H groups in total. The Hall–Kier alpha value is -4.66. The van der Waals surface area contributed by atoms with E-state index in [-0.39, 0.29) is 19.1 Å². The number of aliphatic hydroxyl groups is 2. The highest BCUT2D eigenvalue weighted by atomic mass is 16.6. The van der Waals surface area contributed by atoms with Gasteiger partial charge in [-0.1, -0.05) is 12.1 Å². The van der Waals surface area contributed by atoms with Crippen LogP contribution in [0, 0.1) is 0 Å². The molecule has 4 aromatic rings. The maximum absolute atomic E-state index is 12.4. The fraction of sp³-hybridized carbons (Fsp3) is 0.419. The Morgan fingerprint density at radius 2 is 1.69 bits per heavy atom. The van der Waals surface area contributed by atoms with Gasteiger partial charge >= 0.3 is 5.97 Å². The van der Waals surface area contributed by atoms with Crippen LogP contribution in [0.15, 0.2) is 49.1 Å². The second-order valence-electron chi connectivity index (χ2n) is 10.4. The van der Waals surface area contributed by atoms with Crippen LogP contribution >= 0.6 is 0 Å². The quantitative estimate of drug-likeness (QED) is 0.186. The van der Waals surface area contributed by atoms with Crippen molar-refractivity contribution in [2.24, 2.45) is 0 Å². The van der Waals surface area contributed by atoms with Gasteiger partial charge in [0.15, 0.2) is 34.7 Å². The zero-order valence-electron chi connectivity index (χ0n) is 25.7. The number of carbonyl (C=O) groups excluding carboxylic acids is 1. The molecule has 1 saturated heterocycles. The number of nitrogens with zero attached hydrogens (tertiary/aromatic N) is 4. The first kappa shape index (κ1) is 31.8.